The lowest BCUT2D eigenvalue weighted by molar-refractivity contribution is -0.275. The largest absolute Gasteiger partial charge is 0.573 e. The van der Waals surface area contributed by atoms with Crippen LogP contribution in [0.3, 0.4) is 0 Å². The molecule has 0 amide bonds. The normalized spacial score (nSPS) is 13.2. The SMILES string of the molecule is Cc1cscc1C(NN)c1ccccc1OC(F)(F)F. The molecule has 0 spiro atoms. The Labute approximate surface area is 118 Å². The van der Waals surface area contributed by atoms with Gasteiger partial charge >= 0.3 is 6.36 Å². The lowest BCUT2D eigenvalue weighted by atomic mass is 9.98. The van der Waals surface area contributed by atoms with Crippen LogP contribution in [0.15, 0.2) is 35.0 Å². The number of alkyl halides is 3. The van der Waals surface area contributed by atoms with Crippen LogP contribution in [0.1, 0.15) is 22.7 Å². The van der Waals surface area contributed by atoms with Gasteiger partial charge in [-0.15, -0.1) is 13.2 Å². The molecule has 0 aliphatic rings. The molecular formula is C13H13F3N2OS. The molecule has 1 unspecified atom stereocenters. The number of nitrogens with one attached hydrogen (secondary N) is 1. The van der Waals surface area contributed by atoms with Gasteiger partial charge in [0.1, 0.15) is 5.75 Å². The minimum Gasteiger partial charge on any atom is -0.405 e. The average molecular weight is 302 g/mol. The number of para-hydroxylation sites is 1. The number of nitrogens with two attached hydrogens (primary N) is 1. The summed E-state index contributed by atoms with van der Waals surface area (Å²) < 4.78 is 41.4. The van der Waals surface area contributed by atoms with E-state index in [9.17, 15) is 13.2 Å². The first-order valence-electron chi connectivity index (χ1n) is 5.76. The summed E-state index contributed by atoms with van der Waals surface area (Å²) in [6.07, 6.45) is -4.74. The van der Waals surface area contributed by atoms with Crippen molar-refractivity contribution in [2.45, 2.75) is 19.3 Å². The number of benzene rings is 1. The molecule has 2 rings (SSSR count). The molecule has 108 valence electrons. The van der Waals surface area contributed by atoms with Crippen LogP contribution in [-0.2, 0) is 0 Å². The first-order chi connectivity index (χ1) is 9.42. The highest BCUT2D eigenvalue weighted by atomic mass is 32.1. The van der Waals surface area contributed by atoms with E-state index in [0.29, 0.717) is 5.56 Å². The summed E-state index contributed by atoms with van der Waals surface area (Å²) in [6.45, 7) is 1.88. The molecule has 1 aromatic heterocycles. The van der Waals surface area contributed by atoms with E-state index < -0.39 is 12.4 Å². The van der Waals surface area contributed by atoms with Crippen molar-refractivity contribution >= 4 is 11.3 Å². The lowest BCUT2D eigenvalue weighted by Gasteiger charge is -2.20. The van der Waals surface area contributed by atoms with E-state index in [-0.39, 0.29) is 5.75 Å². The maximum Gasteiger partial charge on any atom is 0.573 e. The van der Waals surface area contributed by atoms with Gasteiger partial charge in [0, 0.05) is 5.56 Å². The summed E-state index contributed by atoms with van der Waals surface area (Å²) in [7, 11) is 0. The molecule has 7 heteroatoms. The van der Waals surface area contributed by atoms with Crippen molar-refractivity contribution in [1.29, 1.82) is 0 Å². The molecule has 0 saturated heterocycles. The summed E-state index contributed by atoms with van der Waals surface area (Å²) >= 11 is 1.46. The first kappa shape index (κ1) is 14.8. The fourth-order valence-corrected chi connectivity index (χ4v) is 2.83. The van der Waals surface area contributed by atoms with E-state index in [1.807, 2.05) is 17.7 Å². The summed E-state index contributed by atoms with van der Waals surface area (Å²) in [5, 5.41) is 3.76. The predicted molar refractivity (Wildman–Crippen MR) is 71.3 cm³/mol. The van der Waals surface area contributed by atoms with Crippen LogP contribution in [-0.4, -0.2) is 6.36 Å². The number of hydrogen-bond donors (Lipinski definition) is 2. The van der Waals surface area contributed by atoms with Crippen molar-refractivity contribution in [2.75, 3.05) is 0 Å². The van der Waals surface area contributed by atoms with Crippen LogP contribution in [0.25, 0.3) is 0 Å². The van der Waals surface area contributed by atoms with Crippen molar-refractivity contribution < 1.29 is 17.9 Å². The minimum atomic E-state index is -4.74. The van der Waals surface area contributed by atoms with Gasteiger partial charge in [-0.2, -0.15) is 11.3 Å². The lowest BCUT2D eigenvalue weighted by Crippen LogP contribution is -2.30. The quantitative estimate of drug-likeness (QED) is 0.671. The Morgan fingerprint density at radius 1 is 1.20 bits per heavy atom. The fourth-order valence-electron chi connectivity index (χ4n) is 1.95. The topological polar surface area (TPSA) is 47.3 Å². The van der Waals surface area contributed by atoms with E-state index in [2.05, 4.69) is 10.2 Å². The number of hydrogen-bond acceptors (Lipinski definition) is 4. The van der Waals surface area contributed by atoms with Crippen molar-refractivity contribution in [1.82, 2.24) is 5.43 Å². The van der Waals surface area contributed by atoms with E-state index in [1.165, 1.54) is 23.5 Å². The maximum absolute atomic E-state index is 12.4. The van der Waals surface area contributed by atoms with Crippen LogP contribution in [0.2, 0.25) is 0 Å². The highest BCUT2D eigenvalue weighted by molar-refractivity contribution is 7.08. The number of halogens is 3. The smallest absolute Gasteiger partial charge is 0.405 e. The highest BCUT2D eigenvalue weighted by Gasteiger charge is 2.33. The third-order valence-corrected chi connectivity index (χ3v) is 3.71. The van der Waals surface area contributed by atoms with Gasteiger partial charge < -0.3 is 4.74 Å². The van der Waals surface area contributed by atoms with Crippen LogP contribution in [0, 0.1) is 6.92 Å². The average Bonchev–Trinajstić information content (AvgIpc) is 2.77. The molecule has 1 atom stereocenters. The summed E-state index contributed by atoms with van der Waals surface area (Å²) in [5.74, 6) is 5.26. The van der Waals surface area contributed by atoms with Crippen molar-refractivity contribution in [2.24, 2.45) is 5.84 Å². The molecule has 0 fully saturated rings. The summed E-state index contributed by atoms with van der Waals surface area (Å²) in [6, 6.07) is 5.40. The number of ether oxygens (including phenoxy) is 1. The standard InChI is InChI=1S/C13H13F3N2OS/c1-8-6-20-7-10(8)12(18-17)9-4-2-3-5-11(9)19-13(14,15)16/h2-7,12,18H,17H2,1H3. The van der Waals surface area contributed by atoms with Gasteiger partial charge in [-0.1, -0.05) is 18.2 Å². The maximum atomic E-state index is 12.4. The summed E-state index contributed by atoms with van der Waals surface area (Å²) in [4.78, 5) is 0. The van der Waals surface area contributed by atoms with E-state index in [1.54, 1.807) is 12.1 Å². The minimum absolute atomic E-state index is 0.256. The van der Waals surface area contributed by atoms with Crippen LogP contribution in [0.5, 0.6) is 5.75 Å². The molecule has 1 heterocycles. The summed E-state index contributed by atoms with van der Waals surface area (Å²) in [5.41, 5.74) is 4.68. The Morgan fingerprint density at radius 2 is 1.90 bits per heavy atom. The molecule has 0 saturated carbocycles. The number of hydrazine groups is 1. The van der Waals surface area contributed by atoms with Crippen LogP contribution in [0.4, 0.5) is 13.2 Å². The van der Waals surface area contributed by atoms with Gasteiger partial charge in [0.25, 0.3) is 0 Å². The second-order valence-corrected chi connectivity index (χ2v) is 4.94. The second-order valence-electron chi connectivity index (χ2n) is 4.20. The second kappa shape index (κ2) is 5.82. The van der Waals surface area contributed by atoms with E-state index in [4.69, 9.17) is 5.84 Å². The van der Waals surface area contributed by atoms with Crippen molar-refractivity contribution in [3.63, 3.8) is 0 Å². The molecule has 0 aliphatic carbocycles. The van der Waals surface area contributed by atoms with Crippen LogP contribution >= 0.6 is 11.3 Å². The van der Waals surface area contributed by atoms with Gasteiger partial charge in [-0.05, 0) is 34.9 Å². The Bertz CT molecular complexity index is 583. The van der Waals surface area contributed by atoms with E-state index >= 15 is 0 Å². The van der Waals surface area contributed by atoms with Crippen LogP contribution < -0.4 is 16.0 Å². The monoisotopic (exact) mass is 302 g/mol. The third kappa shape index (κ3) is 3.30. The number of thiophene rings is 1. The van der Waals surface area contributed by atoms with Gasteiger partial charge in [0.2, 0.25) is 0 Å². The molecule has 0 bridgehead atoms. The Hall–Kier alpha value is -1.57. The van der Waals surface area contributed by atoms with Crippen molar-refractivity contribution in [3.05, 3.63) is 51.7 Å². The van der Waals surface area contributed by atoms with Gasteiger partial charge in [0.15, 0.2) is 0 Å². The molecule has 0 radical (unpaired) electrons. The van der Waals surface area contributed by atoms with Gasteiger partial charge in [0.05, 0.1) is 6.04 Å². The molecule has 0 aliphatic heterocycles. The highest BCUT2D eigenvalue weighted by Crippen LogP contribution is 2.35. The third-order valence-electron chi connectivity index (χ3n) is 2.83. The zero-order valence-corrected chi connectivity index (χ0v) is 11.4. The molecule has 3 nitrogen and oxygen atoms in total. The molecule has 3 N–H and O–H groups in total. The zero-order valence-electron chi connectivity index (χ0n) is 10.6. The van der Waals surface area contributed by atoms with Gasteiger partial charge in [-0.3, -0.25) is 5.84 Å². The number of rotatable bonds is 4. The first-order valence-corrected chi connectivity index (χ1v) is 6.70. The molecular weight excluding hydrogens is 289 g/mol. The molecule has 2 aromatic rings. The van der Waals surface area contributed by atoms with Gasteiger partial charge in [-0.25, -0.2) is 5.43 Å². The fraction of sp³-hybridized carbons (Fsp3) is 0.231. The zero-order chi connectivity index (χ0) is 14.8. The number of aryl methyl sites for hydroxylation is 1. The molecule has 20 heavy (non-hydrogen) atoms. The Balaban J connectivity index is 2.43. The van der Waals surface area contributed by atoms with Crippen molar-refractivity contribution in [3.8, 4) is 5.75 Å². The van der Waals surface area contributed by atoms with E-state index in [0.717, 1.165) is 11.1 Å². The molecule has 1 aromatic carbocycles. The Kier molecular flexibility index (Phi) is 4.32. The predicted octanol–water partition coefficient (Wildman–Crippen LogP) is 3.51. The Morgan fingerprint density at radius 3 is 2.45 bits per heavy atom.